The Morgan fingerprint density at radius 2 is 1.22 bits per heavy atom. The standard InChI is InChI=1S/C63H48N2.2C2H6/c1-41-29-36-54-56(39-41)60(52-26-16-19-44-18-11-13-25-51(44)52)55-38-35-48(40-57(55)61(54)53-37-32-43-17-10-12-24-50(53)42(43)2)63(3,46-20-6-4-7-21-46)47-33-30-45(31-34-47)62-64-58-27-14-15-28-59(58)65(62)49-22-8-5-9-23-49;2*1-2/h4-6,8-20,22-40H,7,21H2,1-3H3;2*1-2H3. The van der Waals surface area contributed by atoms with Crippen molar-refractivity contribution in [3.63, 3.8) is 0 Å². The van der Waals surface area contributed by atoms with E-state index in [1.807, 2.05) is 27.7 Å². The maximum absolute atomic E-state index is 5.22. The van der Waals surface area contributed by atoms with E-state index in [0.29, 0.717) is 0 Å². The van der Waals surface area contributed by atoms with E-state index in [-0.39, 0.29) is 0 Å². The van der Waals surface area contributed by atoms with Gasteiger partial charge in [-0.15, -0.1) is 0 Å². The van der Waals surface area contributed by atoms with Crippen molar-refractivity contribution in [1.29, 1.82) is 0 Å². The van der Waals surface area contributed by atoms with Crippen molar-refractivity contribution in [3.05, 3.63) is 239 Å². The molecule has 2 bridgehead atoms. The Balaban J connectivity index is 0.00000135. The zero-order valence-corrected chi connectivity index (χ0v) is 41.0. The summed E-state index contributed by atoms with van der Waals surface area (Å²) >= 11 is 0. The predicted molar refractivity (Wildman–Crippen MR) is 299 cm³/mol. The van der Waals surface area contributed by atoms with Crippen molar-refractivity contribution < 1.29 is 0 Å². The second kappa shape index (κ2) is 19.1. The Kier molecular flexibility index (Phi) is 12.4. The fourth-order valence-electron chi connectivity index (χ4n) is 10.9. The average Bonchev–Trinajstić information content (AvgIpc) is 3.76. The molecular weight excluding hydrogens is 833 g/mol. The van der Waals surface area contributed by atoms with Gasteiger partial charge in [0.15, 0.2) is 0 Å². The van der Waals surface area contributed by atoms with Gasteiger partial charge in [-0.3, -0.25) is 4.57 Å². The highest BCUT2D eigenvalue weighted by Gasteiger charge is 2.34. The van der Waals surface area contributed by atoms with Crippen LogP contribution in [0.4, 0.5) is 0 Å². The molecule has 1 atom stereocenters. The largest absolute Gasteiger partial charge is 0.292 e. The zero-order valence-electron chi connectivity index (χ0n) is 41.0. The molecule has 2 heteroatoms. The molecule has 9 aromatic carbocycles. The third-order valence-corrected chi connectivity index (χ3v) is 14.3. The molecule has 0 aliphatic heterocycles. The lowest BCUT2D eigenvalue weighted by Gasteiger charge is -2.35. The maximum atomic E-state index is 5.22. The Bertz CT molecular complexity index is 3660. The van der Waals surface area contributed by atoms with Crippen LogP contribution in [-0.2, 0) is 5.41 Å². The van der Waals surface area contributed by atoms with Crippen LogP contribution in [0.2, 0.25) is 0 Å². The molecule has 2 nitrogen and oxygen atoms in total. The Morgan fingerprint density at radius 3 is 2.01 bits per heavy atom. The molecule has 2 aliphatic carbocycles. The second-order valence-electron chi connectivity index (χ2n) is 18.0. The van der Waals surface area contributed by atoms with Crippen molar-refractivity contribution >= 4 is 55.5 Å². The van der Waals surface area contributed by atoms with Gasteiger partial charge >= 0.3 is 0 Å². The molecular formula is C67H60N2. The lowest BCUT2D eigenvalue weighted by Crippen LogP contribution is -2.27. The first kappa shape index (κ1) is 45.0. The van der Waals surface area contributed by atoms with Crippen LogP contribution in [0.1, 0.15) is 80.8 Å². The Hall–Kier alpha value is -7.81. The zero-order chi connectivity index (χ0) is 47.6. The molecule has 12 rings (SSSR count). The number of hydrogen-bond acceptors (Lipinski definition) is 1. The average molecular weight is 893 g/mol. The molecule has 1 heterocycles. The van der Waals surface area contributed by atoms with Gasteiger partial charge < -0.3 is 0 Å². The minimum atomic E-state index is -0.425. The number of imidazole rings is 1. The van der Waals surface area contributed by atoms with E-state index in [2.05, 4.69) is 238 Å². The highest BCUT2D eigenvalue weighted by molar-refractivity contribution is 6.24. The summed E-state index contributed by atoms with van der Waals surface area (Å²) in [6.45, 7) is 14.9. The third kappa shape index (κ3) is 7.75. The van der Waals surface area contributed by atoms with Crippen LogP contribution in [0.5, 0.6) is 0 Å². The molecule has 0 saturated carbocycles. The van der Waals surface area contributed by atoms with Crippen molar-refractivity contribution in [2.24, 2.45) is 0 Å². The van der Waals surface area contributed by atoms with E-state index < -0.39 is 5.41 Å². The molecule has 0 amide bonds. The van der Waals surface area contributed by atoms with Crippen LogP contribution in [-0.4, -0.2) is 9.55 Å². The van der Waals surface area contributed by atoms with E-state index in [9.17, 15) is 0 Å². The maximum Gasteiger partial charge on any atom is 0.145 e. The number of aryl methyl sites for hydroxylation is 1. The number of rotatable bonds is 7. The van der Waals surface area contributed by atoms with Crippen LogP contribution < -0.4 is 0 Å². The summed E-state index contributed by atoms with van der Waals surface area (Å²) in [5, 5.41) is 7.59. The van der Waals surface area contributed by atoms with Gasteiger partial charge in [-0.25, -0.2) is 4.98 Å². The van der Waals surface area contributed by atoms with Gasteiger partial charge in [0.25, 0.3) is 0 Å². The van der Waals surface area contributed by atoms with Crippen molar-refractivity contribution in [2.75, 3.05) is 0 Å². The number of aromatic nitrogens is 2. The fraction of sp³-hybridized carbons (Fsp3) is 0.149. The summed E-state index contributed by atoms with van der Waals surface area (Å²) in [7, 11) is 0. The van der Waals surface area contributed by atoms with Gasteiger partial charge in [0.2, 0.25) is 0 Å². The predicted octanol–water partition coefficient (Wildman–Crippen LogP) is 18.8. The smallest absolute Gasteiger partial charge is 0.145 e. The highest BCUT2D eigenvalue weighted by Crippen LogP contribution is 2.50. The van der Waals surface area contributed by atoms with E-state index in [1.54, 1.807) is 0 Å². The summed E-state index contributed by atoms with van der Waals surface area (Å²) in [5.74, 6) is 0.939. The first-order chi connectivity index (χ1) is 34.0. The molecule has 1 aromatic heterocycles. The van der Waals surface area contributed by atoms with Gasteiger partial charge in [0.05, 0.1) is 11.0 Å². The lowest BCUT2D eigenvalue weighted by atomic mass is 9.67. The number of benzene rings is 9. The number of para-hydroxylation sites is 3. The normalized spacial score (nSPS) is 13.6. The second-order valence-corrected chi connectivity index (χ2v) is 18.0. The molecule has 0 spiro atoms. The van der Waals surface area contributed by atoms with Crippen molar-refractivity contribution in [1.82, 2.24) is 9.55 Å². The third-order valence-electron chi connectivity index (χ3n) is 14.3. The van der Waals surface area contributed by atoms with E-state index in [0.717, 1.165) is 41.0 Å². The molecule has 1 unspecified atom stereocenters. The van der Waals surface area contributed by atoms with Gasteiger partial charge in [-0.1, -0.05) is 221 Å². The SMILES string of the molecule is CC.CC.Cc1ccc2c(-c3ccc4c(C)c3C=CC=C4)c3cc(C(C)(C4=CC=CCC4)c4ccc(-c5nc6ccccc6n5-c5ccccc5)cc4)ccc3c(-c3cccc4ccccc34)c2c1. The number of allylic oxidation sites excluding steroid dienone is 6. The summed E-state index contributed by atoms with van der Waals surface area (Å²) in [6.07, 6.45) is 17.8. The number of hydrogen-bond donors (Lipinski definition) is 0. The number of nitrogens with zero attached hydrogens (tertiary/aromatic N) is 2. The first-order valence-corrected chi connectivity index (χ1v) is 24.9. The molecule has 69 heavy (non-hydrogen) atoms. The van der Waals surface area contributed by atoms with Crippen LogP contribution >= 0.6 is 0 Å². The molecule has 10 aromatic rings. The van der Waals surface area contributed by atoms with E-state index in [4.69, 9.17) is 4.98 Å². The lowest BCUT2D eigenvalue weighted by molar-refractivity contribution is 0.634. The van der Waals surface area contributed by atoms with Crippen LogP contribution in [0, 0.1) is 13.8 Å². The van der Waals surface area contributed by atoms with Gasteiger partial charge in [-0.05, 0) is 146 Å². The van der Waals surface area contributed by atoms with Crippen LogP contribution in [0.25, 0.3) is 94.8 Å². The number of fused-ring (bicyclic) bond motifs is 6. The van der Waals surface area contributed by atoms with Gasteiger partial charge in [-0.2, -0.15) is 0 Å². The summed E-state index contributed by atoms with van der Waals surface area (Å²) in [4.78, 5) is 5.22. The minimum Gasteiger partial charge on any atom is -0.292 e. The van der Waals surface area contributed by atoms with Gasteiger partial charge in [0.1, 0.15) is 5.82 Å². The first-order valence-electron chi connectivity index (χ1n) is 24.9. The van der Waals surface area contributed by atoms with E-state index in [1.165, 1.54) is 93.5 Å². The Morgan fingerprint density at radius 1 is 0.536 bits per heavy atom. The van der Waals surface area contributed by atoms with E-state index >= 15 is 0 Å². The Labute approximate surface area is 408 Å². The summed E-state index contributed by atoms with van der Waals surface area (Å²) in [6, 6.07) is 63.1. The molecule has 0 radical (unpaired) electrons. The highest BCUT2D eigenvalue weighted by atomic mass is 15.1. The molecule has 0 fully saturated rings. The van der Waals surface area contributed by atoms with Crippen molar-refractivity contribution in [3.8, 4) is 39.3 Å². The van der Waals surface area contributed by atoms with Crippen molar-refractivity contribution in [2.45, 2.75) is 66.7 Å². The molecule has 0 saturated heterocycles. The van der Waals surface area contributed by atoms with Crippen LogP contribution in [0.3, 0.4) is 0 Å². The molecule has 2 aliphatic rings. The summed E-state index contributed by atoms with van der Waals surface area (Å²) in [5.41, 5.74) is 18.0. The van der Waals surface area contributed by atoms with Gasteiger partial charge in [0, 0.05) is 16.7 Å². The molecule has 338 valence electrons. The summed E-state index contributed by atoms with van der Waals surface area (Å²) < 4.78 is 2.29. The minimum absolute atomic E-state index is 0.425. The molecule has 0 N–H and O–H groups in total. The fourth-order valence-corrected chi connectivity index (χ4v) is 10.9. The quantitative estimate of drug-likeness (QED) is 0.146. The van der Waals surface area contributed by atoms with Crippen LogP contribution in [0.15, 0.2) is 206 Å². The monoisotopic (exact) mass is 892 g/mol. The topological polar surface area (TPSA) is 17.8 Å².